The first-order chi connectivity index (χ1) is 2.00. The van der Waals surface area contributed by atoms with Crippen LogP contribution in [0.15, 0.2) is 0 Å². The summed E-state index contributed by atoms with van der Waals surface area (Å²) in [5, 5.41) is 0. The topological polar surface area (TPSA) is 89.4 Å². The standard InChI is InChI=1S/ClHO4.Na.H/c2-1(3,4)5;;/h(H,2,3,4,5);;. The first-order valence-electron chi connectivity index (χ1n) is 0.632. The summed E-state index contributed by atoms with van der Waals surface area (Å²) in [5.41, 5.74) is 0. The molecule has 0 rings (SSSR count). The molecule has 6 heteroatoms. The summed E-state index contributed by atoms with van der Waals surface area (Å²) in [5.74, 6) is 0. The van der Waals surface area contributed by atoms with Gasteiger partial charge in [0.1, 0.15) is 0 Å². The minimum Gasteiger partial charge on any atom is -0.183 e. The van der Waals surface area contributed by atoms with Crippen molar-refractivity contribution in [2.45, 2.75) is 0 Å². The van der Waals surface area contributed by atoms with E-state index in [1.807, 2.05) is 0 Å². The Bertz CT molecular complexity index is 23.0. The molecular formula is H2ClNaO4. The SMILES string of the molecule is [NaH].[O-][Cl+3]([O-])([O-])O. The molecule has 0 heterocycles. The molecule has 0 bridgehead atoms. The molecule has 4 nitrogen and oxygen atoms in total. The molecule has 0 aliphatic carbocycles. The number of hydrogen-bond acceptors (Lipinski definition) is 4. The molecule has 0 fully saturated rings. The van der Waals surface area contributed by atoms with Crippen LogP contribution in [-0.4, -0.2) is 34.2 Å². The van der Waals surface area contributed by atoms with Gasteiger partial charge >= 0.3 is 29.6 Å². The molecule has 0 amide bonds. The Labute approximate surface area is 58.4 Å². The molecule has 1 N–H and O–H groups in total. The van der Waals surface area contributed by atoms with Crippen LogP contribution >= 0.6 is 0 Å². The van der Waals surface area contributed by atoms with E-state index in [9.17, 15) is 0 Å². The van der Waals surface area contributed by atoms with Crippen molar-refractivity contribution < 1.29 is 28.9 Å². The third-order valence-corrected chi connectivity index (χ3v) is 0. The Hall–Kier alpha value is 1.13. The van der Waals surface area contributed by atoms with E-state index in [-0.39, 0.29) is 29.6 Å². The normalized spacial score (nSPS) is 10.0. The Kier molecular flexibility index (Phi) is 5.38. The summed E-state index contributed by atoms with van der Waals surface area (Å²) in [6.45, 7) is 0. The summed E-state index contributed by atoms with van der Waals surface area (Å²) >= 11 is 0. The van der Waals surface area contributed by atoms with Gasteiger partial charge in [0.2, 0.25) is 0 Å². The quantitative estimate of drug-likeness (QED) is 0.328. The predicted octanol–water partition coefficient (Wildman–Crippen LogP) is -4.77. The number of hydrogen-bond donors (Lipinski definition) is 1. The Morgan fingerprint density at radius 2 is 1.17 bits per heavy atom. The summed E-state index contributed by atoms with van der Waals surface area (Å²) in [7, 11) is -4.69. The van der Waals surface area contributed by atoms with Crippen molar-refractivity contribution >= 4 is 29.6 Å². The van der Waals surface area contributed by atoms with Crippen LogP contribution in [0.3, 0.4) is 0 Å². The maximum absolute atomic E-state index is 8.60. The maximum Gasteiger partial charge on any atom is 0.0777 e. The summed E-state index contributed by atoms with van der Waals surface area (Å²) in [6, 6.07) is 0. The molecule has 6 heavy (non-hydrogen) atoms. The van der Waals surface area contributed by atoms with Gasteiger partial charge in [-0.15, -0.1) is 0 Å². The number of halogens is 1. The molecule has 0 aliphatic heterocycles. The van der Waals surface area contributed by atoms with Crippen LogP contribution < -0.4 is 14.0 Å². The third-order valence-electron chi connectivity index (χ3n) is 0. The molecule has 0 aromatic rings. The smallest absolute Gasteiger partial charge is 0.0777 e. The zero-order chi connectivity index (χ0) is 4.50. The molecule has 0 radical (unpaired) electrons. The van der Waals surface area contributed by atoms with Gasteiger partial charge in [0.15, 0.2) is 0 Å². The zero-order valence-electron chi connectivity index (χ0n) is 2.05. The van der Waals surface area contributed by atoms with Crippen LogP contribution in [0.4, 0.5) is 0 Å². The van der Waals surface area contributed by atoms with Crippen molar-refractivity contribution in [3.05, 3.63) is 0 Å². The van der Waals surface area contributed by atoms with Gasteiger partial charge in [-0.2, -0.15) is 14.0 Å². The molecular weight excluding hydrogens is 122 g/mol. The minimum absolute atomic E-state index is 0. The van der Waals surface area contributed by atoms with Gasteiger partial charge in [-0.25, -0.2) is 0 Å². The summed E-state index contributed by atoms with van der Waals surface area (Å²) in [6.07, 6.45) is 0. The van der Waals surface area contributed by atoms with Crippen molar-refractivity contribution in [3.8, 4) is 0 Å². The van der Waals surface area contributed by atoms with Crippen LogP contribution in [0.25, 0.3) is 0 Å². The van der Waals surface area contributed by atoms with Crippen molar-refractivity contribution in [2.75, 3.05) is 0 Å². The minimum atomic E-state index is -4.69. The van der Waals surface area contributed by atoms with E-state index in [2.05, 4.69) is 0 Å². The number of rotatable bonds is 0. The van der Waals surface area contributed by atoms with Gasteiger partial charge in [0.05, 0.1) is 14.9 Å². The van der Waals surface area contributed by atoms with Crippen molar-refractivity contribution in [3.63, 3.8) is 0 Å². The van der Waals surface area contributed by atoms with Crippen molar-refractivity contribution in [1.82, 2.24) is 0 Å². The maximum atomic E-state index is 8.60. The molecule has 0 aromatic heterocycles. The van der Waals surface area contributed by atoms with E-state index in [1.54, 1.807) is 0 Å². The van der Waals surface area contributed by atoms with Crippen LogP contribution in [-0.2, 0) is 0 Å². The van der Waals surface area contributed by atoms with Crippen molar-refractivity contribution in [1.29, 1.82) is 0 Å². The fourth-order valence-electron chi connectivity index (χ4n) is 0. The summed E-state index contributed by atoms with van der Waals surface area (Å²) < 4.78 is 32.7. The second-order valence-electron chi connectivity index (χ2n) is 0.396. The Morgan fingerprint density at radius 3 is 1.17 bits per heavy atom. The van der Waals surface area contributed by atoms with Gasteiger partial charge in [-0.3, -0.25) is 0 Å². The molecule has 0 atom stereocenters. The molecule has 0 unspecified atom stereocenters. The fourth-order valence-corrected chi connectivity index (χ4v) is 0. The van der Waals surface area contributed by atoms with E-state index in [1.165, 1.54) is 0 Å². The monoisotopic (exact) mass is 124 g/mol. The first kappa shape index (κ1) is 10.2. The third kappa shape index (κ3) is 68.5. The van der Waals surface area contributed by atoms with Gasteiger partial charge in [0.25, 0.3) is 0 Å². The largest absolute Gasteiger partial charge is 0.183 e. The van der Waals surface area contributed by atoms with Gasteiger partial charge in [0, 0.05) is 0 Å². The van der Waals surface area contributed by atoms with Crippen molar-refractivity contribution in [2.24, 2.45) is 0 Å². The van der Waals surface area contributed by atoms with Crippen LogP contribution in [0, 0.1) is 10.2 Å². The predicted molar refractivity (Wildman–Crippen MR) is 9.37 cm³/mol. The van der Waals surface area contributed by atoms with Gasteiger partial charge in [-0.05, 0) is 0 Å². The zero-order valence-corrected chi connectivity index (χ0v) is 2.81. The molecule has 0 saturated heterocycles. The van der Waals surface area contributed by atoms with E-state index in [0.717, 1.165) is 0 Å². The van der Waals surface area contributed by atoms with Crippen LogP contribution in [0.5, 0.6) is 0 Å². The van der Waals surface area contributed by atoms with Crippen LogP contribution in [0.2, 0.25) is 0 Å². The van der Waals surface area contributed by atoms with E-state index < -0.39 is 10.2 Å². The first-order valence-corrected chi connectivity index (χ1v) is 1.90. The molecule has 34 valence electrons. The molecule has 0 aromatic carbocycles. The molecule has 0 spiro atoms. The molecule has 0 aliphatic rings. The Balaban J connectivity index is 0. The summed E-state index contributed by atoms with van der Waals surface area (Å²) in [4.78, 5) is 0. The Morgan fingerprint density at radius 1 is 1.17 bits per heavy atom. The van der Waals surface area contributed by atoms with Crippen LogP contribution in [0.1, 0.15) is 0 Å². The second kappa shape index (κ2) is 3.17. The van der Waals surface area contributed by atoms with E-state index in [4.69, 9.17) is 18.6 Å². The van der Waals surface area contributed by atoms with E-state index in [0.29, 0.717) is 0 Å². The molecule has 0 saturated carbocycles. The van der Waals surface area contributed by atoms with Gasteiger partial charge < -0.3 is 0 Å². The fraction of sp³-hybridized carbons (Fsp3) is 0. The van der Waals surface area contributed by atoms with Gasteiger partial charge in [-0.1, -0.05) is 0 Å². The average molecular weight is 124 g/mol. The average Bonchev–Trinajstić information content (AvgIpc) is 0.722. The van der Waals surface area contributed by atoms with E-state index >= 15 is 0 Å². The second-order valence-corrected chi connectivity index (χ2v) is 1.19.